The Kier molecular flexibility index (Phi) is 5.38. The molecular weight excluding hydrogens is 276 g/mol. The van der Waals surface area contributed by atoms with E-state index in [0.717, 1.165) is 23.6 Å². The molecule has 0 fully saturated rings. The number of nitrogens with zero attached hydrogens (tertiary/aromatic N) is 2. The van der Waals surface area contributed by atoms with Crippen molar-refractivity contribution >= 4 is 17.6 Å². The molecule has 0 bridgehead atoms. The van der Waals surface area contributed by atoms with E-state index in [0.29, 0.717) is 18.5 Å². The highest BCUT2D eigenvalue weighted by Crippen LogP contribution is 2.18. The van der Waals surface area contributed by atoms with Gasteiger partial charge in [-0.25, -0.2) is 0 Å². The Morgan fingerprint density at radius 1 is 1.30 bits per heavy atom. The van der Waals surface area contributed by atoms with Crippen LogP contribution in [0.5, 0.6) is 0 Å². The summed E-state index contributed by atoms with van der Waals surface area (Å²) in [6.45, 7) is 5.59. The van der Waals surface area contributed by atoms with Crippen LogP contribution in [0.25, 0.3) is 0 Å². The molecule has 1 heterocycles. The highest BCUT2D eigenvalue weighted by Gasteiger charge is 2.12. The smallest absolute Gasteiger partial charge is 0.315 e. The summed E-state index contributed by atoms with van der Waals surface area (Å²) in [5.41, 5.74) is 0.992. The van der Waals surface area contributed by atoms with Gasteiger partial charge < -0.3 is 15.1 Å². The minimum absolute atomic E-state index is 0.0540. The van der Waals surface area contributed by atoms with E-state index in [9.17, 15) is 0 Å². The maximum Gasteiger partial charge on any atom is 0.315 e. The lowest BCUT2D eigenvalue weighted by molar-refractivity contribution is 0.423. The van der Waals surface area contributed by atoms with Crippen LogP contribution < -0.4 is 10.6 Å². The summed E-state index contributed by atoms with van der Waals surface area (Å²) in [5, 5.41) is 15.1. The Balaban J connectivity index is 1.91. The molecule has 0 amide bonds. The molecule has 0 aliphatic rings. The van der Waals surface area contributed by atoms with E-state index >= 15 is 0 Å². The summed E-state index contributed by atoms with van der Waals surface area (Å²) in [7, 11) is 0. The molecule has 0 saturated heterocycles. The van der Waals surface area contributed by atoms with Crippen molar-refractivity contribution in [3.63, 3.8) is 0 Å². The van der Waals surface area contributed by atoms with Crippen molar-refractivity contribution in [2.24, 2.45) is 0 Å². The fraction of sp³-hybridized carbons (Fsp3) is 0.429. The van der Waals surface area contributed by atoms with Crippen LogP contribution in [0.2, 0.25) is 5.02 Å². The zero-order chi connectivity index (χ0) is 14.4. The van der Waals surface area contributed by atoms with Gasteiger partial charge in [0, 0.05) is 11.6 Å². The molecular formula is C14H19ClN4O. The maximum absolute atomic E-state index is 6.09. The van der Waals surface area contributed by atoms with Gasteiger partial charge in [-0.3, -0.25) is 0 Å². The number of aromatic nitrogens is 2. The molecule has 1 atom stereocenters. The zero-order valence-electron chi connectivity index (χ0n) is 11.7. The predicted octanol–water partition coefficient (Wildman–Crippen LogP) is 3.40. The molecule has 1 aromatic heterocycles. The Morgan fingerprint density at radius 2 is 2.10 bits per heavy atom. The van der Waals surface area contributed by atoms with Crippen LogP contribution in [0.3, 0.4) is 0 Å². The number of anilines is 1. The van der Waals surface area contributed by atoms with E-state index in [1.807, 2.05) is 31.2 Å². The highest BCUT2D eigenvalue weighted by atomic mass is 35.5. The molecule has 0 saturated carbocycles. The average Bonchev–Trinajstić information content (AvgIpc) is 2.93. The molecule has 6 heteroatoms. The van der Waals surface area contributed by atoms with Gasteiger partial charge in [0.25, 0.3) is 0 Å². The molecule has 0 aliphatic heterocycles. The van der Waals surface area contributed by atoms with Crippen LogP contribution >= 0.6 is 11.6 Å². The van der Waals surface area contributed by atoms with Gasteiger partial charge in [-0.15, -0.1) is 5.10 Å². The van der Waals surface area contributed by atoms with E-state index in [2.05, 4.69) is 27.8 Å². The lowest BCUT2D eigenvalue weighted by Gasteiger charge is -2.07. The van der Waals surface area contributed by atoms with Crippen LogP contribution in [0, 0.1) is 0 Å². The summed E-state index contributed by atoms with van der Waals surface area (Å²) in [6, 6.07) is 8.12. The van der Waals surface area contributed by atoms with Crippen molar-refractivity contribution < 1.29 is 4.42 Å². The van der Waals surface area contributed by atoms with E-state index in [1.165, 1.54) is 0 Å². The van der Waals surface area contributed by atoms with Crippen molar-refractivity contribution in [3.05, 3.63) is 40.7 Å². The fourth-order valence-corrected chi connectivity index (χ4v) is 1.94. The SMILES string of the molecule is CCCNC(C)c1nnc(NCc2ccccc2Cl)o1. The van der Waals surface area contributed by atoms with Crippen LogP contribution in [-0.2, 0) is 6.54 Å². The fourth-order valence-electron chi connectivity index (χ4n) is 1.74. The van der Waals surface area contributed by atoms with Crippen molar-refractivity contribution in [1.29, 1.82) is 0 Å². The molecule has 2 aromatic rings. The lowest BCUT2D eigenvalue weighted by atomic mass is 10.2. The third-order valence-electron chi connectivity index (χ3n) is 2.90. The van der Waals surface area contributed by atoms with Crippen LogP contribution in [0.15, 0.2) is 28.7 Å². The van der Waals surface area contributed by atoms with E-state index in [1.54, 1.807) is 0 Å². The number of hydrogen-bond acceptors (Lipinski definition) is 5. The monoisotopic (exact) mass is 294 g/mol. The number of nitrogens with one attached hydrogen (secondary N) is 2. The van der Waals surface area contributed by atoms with Gasteiger partial charge in [0.05, 0.1) is 6.04 Å². The van der Waals surface area contributed by atoms with Gasteiger partial charge in [0.1, 0.15) is 0 Å². The first-order chi connectivity index (χ1) is 9.70. The highest BCUT2D eigenvalue weighted by molar-refractivity contribution is 6.31. The van der Waals surface area contributed by atoms with Crippen LogP contribution in [-0.4, -0.2) is 16.7 Å². The first-order valence-corrected chi connectivity index (χ1v) is 7.12. The van der Waals surface area contributed by atoms with Gasteiger partial charge in [-0.2, -0.15) is 0 Å². The van der Waals surface area contributed by atoms with Gasteiger partial charge >= 0.3 is 6.01 Å². The molecule has 1 unspecified atom stereocenters. The second-order valence-electron chi connectivity index (χ2n) is 4.57. The third-order valence-corrected chi connectivity index (χ3v) is 3.27. The first kappa shape index (κ1) is 14.8. The molecule has 0 spiro atoms. The molecule has 5 nitrogen and oxygen atoms in total. The minimum Gasteiger partial charge on any atom is -0.406 e. The number of hydrogen-bond donors (Lipinski definition) is 2. The Bertz CT molecular complexity index is 543. The summed E-state index contributed by atoms with van der Waals surface area (Å²) >= 11 is 6.09. The molecule has 20 heavy (non-hydrogen) atoms. The van der Waals surface area contributed by atoms with Crippen LogP contribution in [0.4, 0.5) is 6.01 Å². The Labute approximate surface area is 123 Å². The predicted molar refractivity (Wildman–Crippen MR) is 79.8 cm³/mol. The van der Waals surface area contributed by atoms with E-state index in [-0.39, 0.29) is 6.04 Å². The zero-order valence-corrected chi connectivity index (χ0v) is 12.4. The largest absolute Gasteiger partial charge is 0.406 e. The van der Waals surface area contributed by atoms with Crippen molar-refractivity contribution in [3.8, 4) is 0 Å². The van der Waals surface area contributed by atoms with Gasteiger partial charge in [-0.1, -0.05) is 41.8 Å². The summed E-state index contributed by atoms with van der Waals surface area (Å²) in [5.74, 6) is 0.583. The molecule has 2 rings (SSSR count). The molecule has 0 radical (unpaired) electrons. The quantitative estimate of drug-likeness (QED) is 0.819. The topological polar surface area (TPSA) is 63.0 Å². The maximum atomic E-state index is 6.09. The average molecular weight is 295 g/mol. The molecule has 2 N–H and O–H groups in total. The number of benzene rings is 1. The first-order valence-electron chi connectivity index (χ1n) is 6.74. The number of halogens is 1. The van der Waals surface area contributed by atoms with E-state index in [4.69, 9.17) is 16.0 Å². The van der Waals surface area contributed by atoms with Crippen LogP contribution in [0.1, 0.15) is 37.8 Å². The van der Waals surface area contributed by atoms with Crippen molar-refractivity contribution in [2.75, 3.05) is 11.9 Å². The number of rotatable bonds is 7. The molecule has 1 aromatic carbocycles. The normalized spacial score (nSPS) is 12.3. The lowest BCUT2D eigenvalue weighted by Crippen LogP contribution is -2.19. The standard InChI is InChI=1S/C14H19ClN4O/c1-3-8-16-10(2)13-18-19-14(20-13)17-9-11-6-4-5-7-12(11)15/h4-7,10,16H,3,8-9H2,1-2H3,(H,17,19). The Morgan fingerprint density at radius 3 is 2.85 bits per heavy atom. The third kappa shape index (κ3) is 3.95. The van der Waals surface area contributed by atoms with E-state index < -0.39 is 0 Å². The molecule has 0 aliphatic carbocycles. The summed E-state index contributed by atoms with van der Waals surface area (Å²) in [4.78, 5) is 0. The van der Waals surface area contributed by atoms with Gasteiger partial charge in [-0.05, 0) is 31.5 Å². The Hall–Kier alpha value is -1.59. The van der Waals surface area contributed by atoms with Crippen molar-refractivity contribution in [2.45, 2.75) is 32.9 Å². The van der Waals surface area contributed by atoms with Gasteiger partial charge in [0.15, 0.2) is 0 Å². The minimum atomic E-state index is 0.0540. The summed E-state index contributed by atoms with van der Waals surface area (Å²) < 4.78 is 5.57. The second-order valence-corrected chi connectivity index (χ2v) is 4.97. The van der Waals surface area contributed by atoms with Crippen molar-refractivity contribution in [1.82, 2.24) is 15.5 Å². The second kappa shape index (κ2) is 7.26. The summed E-state index contributed by atoms with van der Waals surface area (Å²) in [6.07, 6.45) is 1.07. The van der Waals surface area contributed by atoms with Gasteiger partial charge in [0.2, 0.25) is 5.89 Å². The molecule has 108 valence electrons.